The molecule has 2 aromatic heterocycles. The van der Waals surface area contributed by atoms with Gasteiger partial charge in [0.15, 0.2) is 5.43 Å². The summed E-state index contributed by atoms with van der Waals surface area (Å²) in [5.41, 5.74) is 5.18. The lowest BCUT2D eigenvalue weighted by Crippen LogP contribution is -2.47. The van der Waals surface area contributed by atoms with Crippen LogP contribution in [-0.4, -0.2) is 35.7 Å². The van der Waals surface area contributed by atoms with Gasteiger partial charge in [0.1, 0.15) is 11.5 Å². The second kappa shape index (κ2) is 7.91. The van der Waals surface area contributed by atoms with Gasteiger partial charge in [-0.2, -0.15) is 0 Å². The van der Waals surface area contributed by atoms with Crippen LogP contribution in [-0.2, 0) is 0 Å². The van der Waals surface area contributed by atoms with Crippen molar-refractivity contribution >= 4 is 22.5 Å². The van der Waals surface area contributed by atoms with Gasteiger partial charge in [-0.1, -0.05) is 35.9 Å². The zero-order valence-corrected chi connectivity index (χ0v) is 18.0. The second-order valence-corrected chi connectivity index (χ2v) is 8.17. The molecule has 0 N–H and O–H groups in total. The Labute approximate surface area is 182 Å². The molecule has 5 nitrogen and oxygen atoms in total. The summed E-state index contributed by atoms with van der Waals surface area (Å²) in [6.45, 7) is 7.58. The second-order valence-electron chi connectivity index (χ2n) is 8.17. The maximum atomic E-state index is 13.0. The first kappa shape index (κ1) is 19.4. The number of nitrogens with zero attached hydrogens (tertiary/aromatic N) is 4. The molecular weight excluding hydrogens is 384 g/mol. The molecule has 0 unspecified atom stereocenters. The molecule has 0 bridgehead atoms. The van der Waals surface area contributed by atoms with Crippen LogP contribution in [0.2, 0.25) is 0 Å². The number of benzene rings is 2. The van der Waals surface area contributed by atoms with Crippen molar-refractivity contribution < 1.29 is 0 Å². The molecule has 0 radical (unpaired) electrons. The van der Waals surface area contributed by atoms with Crippen molar-refractivity contribution in [2.45, 2.75) is 13.8 Å². The van der Waals surface area contributed by atoms with Gasteiger partial charge in [-0.25, -0.2) is 4.98 Å². The van der Waals surface area contributed by atoms with Crippen molar-refractivity contribution in [1.29, 1.82) is 0 Å². The molecule has 0 spiro atoms. The number of aryl methyl sites for hydroxylation is 2. The standard InChI is InChI=1S/C26H26N4O/c1-19-8-11-21(12-9-19)28-14-16-29(17-15-28)25-18-24(31)23-13-10-20(2)27-26(23)30(25)22-6-4-3-5-7-22/h3-13,18H,14-17H2,1-2H3. The number of piperazine rings is 1. The average Bonchev–Trinajstić information content (AvgIpc) is 2.80. The molecule has 2 aromatic carbocycles. The summed E-state index contributed by atoms with van der Waals surface area (Å²) >= 11 is 0. The number of para-hydroxylation sites is 1. The van der Waals surface area contributed by atoms with Crippen LogP contribution in [0.5, 0.6) is 0 Å². The largest absolute Gasteiger partial charge is 0.368 e. The number of aromatic nitrogens is 2. The van der Waals surface area contributed by atoms with Crippen LogP contribution in [0.3, 0.4) is 0 Å². The molecule has 4 aromatic rings. The minimum absolute atomic E-state index is 0.0191. The topological polar surface area (TPSA) is 41.4 Å². The van der Waals surface area contributed by atoms with Gasteiger partial charge < -0.3 is 9.80 Å². The fourth-order valence-electron chi connectivity index (χ4n) is 4.29. The molecule has 1 saturated heterocycles. The molecule has 3 heterocycles. The first-order chi connectivity index (χ1) is 15.1. The molecule has 1 fully saturated rings. The van der Waals surface area contributed by atoms with Crippen LogP contribution in [0.25, 0.3) is 16.7 Å². The number of rotatable bonds is 3. The maximum absolute atomic E-state index is 13.0. The van der Waals surface area contributed by atoms with E-state index in [4.69, 9.17) is 4.98 Å². The van der Waals surface area contributed by atoms with E-state index in [0.717, 1.165) is 49.0 Å². The first-order valence-corrected chi connectivity index (χ1v) is 10.8. The van der Waals surface area contributed by atoms with E-state index in [1.54, 1.807) is 6.07 Å². The molecule has 31 heavy (non-hydrogen) atoms. The van der Waals surface area contributed by atoms with E-state index in [0.29, 0.717) is 5.39 Å². The third kappa shape index (κ3) is 3.67. The van der Waals surface area contributed by atoms with E-state index >= 15 is 0 Å². The number of pyridine rings is 2. The van der Waals surface area contributed by atoms with Crippen molar-refractivity contribution in [3.05, 3.63) is 94.3 Å². The van der Waals surface area contributed by atoms with Crippen LogP contribution in [0.1, 0.15) is 11.3 Å². The summed E-state index contributed by atoms with van der Waals surface area (Å²) in [5.74, 6) is 0.908. The van der Waals surface area contributed by atoms with Gasteiger partial charge in [0.25, 0.3) is 0 Å². The van der Waals surface area contributed by atoms with Crippen LogP contribution in [0.15, 0.2) is 77.6 Å². The van der Waals surface area contributed by atoms with E-state index in [-0.39, 0.29) is 5.43 Å². The quantitative estimate of drug-likeness (QED) is 0.504. The molecule has 0 amide bonds. The third-order valence-electron chi connectivity index (χ3n) is 6.00. The number of hydrogen-bond acceptors (Lipinski definition) is 4. The van der Waals surface area contributed by atoms with Crippen molar-refractivity contribution in [2.24, 2.45) is 0 Å². The molecule has 156 valence electrons. The zero-order chi connectivity index (χ0) is 21.4. The third-order valence-corrected chi connectivity index (χ3v) is 6.00. The summed E-state index contributed by atoms with van der Waals surface area (Å²) in [5, 5.41) is 0.650. The van der Waals surface area contributed by atoms with Gasteiger partial charge >= 0.3 is 0 Å². The Morgan fingerprint density at radius 1 is 0.742 bits per heavy atom. The van der Waals surface area contributed by atoms with Gasteiger partial charge in [-0.15, -0.1) is 0 Å². The predicted molar refractivity (Wildman–Crippen MR) is 128 cm³/mol. The highest BCUT2D eigenvalue weighted by Gasteiger charge is 2.22. The van der Waals surface area contributed by atoms with E-state index in [1.165, 1.54) is 11.3 Å². The van der Waals surface area contributed by atoms with E-state index in [1.807, 2.05) is 37.3 Å². The molecule has 0 aliphatic carbocycles. The maximum Gasteiger partial charge on any atom is 0.193 e. The van der Waals surface area contributed by atoms with Crippen molar-refractivity contribution in [3.8, 4) is 5.69 Å². The molecular formula is C26H26N4O. The fourth-order valence-corrected chi connectivity index (χ4v) is 4.29. The van der Waals surface area contributed by atoms with Gasteiger partial charge in [-0.05, 0) is 50.2 Å². The minimum atomic E-state index is 0.0191. The Balaban J connectivity index is 1.56. The van der Waals surface area contributed by atoms with Crippen LogP contribution in [0, 0.1) is 13.8 Å². The Bertz CT molecular complexity index is 1270. The SMILES string of the molecule is Cc1ccc(N2CCN(c3cc(=O)c4ccc(C)nc4n3-c3ccccc3)CC2)cc1. The lowest BCUT2D eigenvalue weighted by atomic mass is 10.2. The molecule has 5 rings (SSSR count). The Morgan fingerprint density at radius 2 is 1.42 bits per heavy atom. The summed E-state index contributed by atoms with van der Waals surface area (Å²) < 4.78 is 2.13. The molecule has 0 atom stereocenters. The normalized spacial score (nSPS) is 14.3. The molecule has 0 saturated carbocycles. The van der Waals surface area contributed by atoms with Crippen molar-refractivity contribution in [1.82, 2.24) is 9.55 Å². The summed E-state index contributed by atoms with van der Waals surface area (Å²) in [6.07, 6.45) is 0. The summed E-state index contributed by atoms with van der Waals surface area (Å²) in [4.78, 5) is 22.4. The monoisotopic (exact) mass is 410 g/mol. The van der Waals surface area contributed by atoms with E-state index in [2.05, 4.69) is 57.7 Å². The van der Waals surface area contributed by atoms with E-state index < -0.39 is 0 Å². The molecule has 1 aliphatic rings. The van der Waals surface area contributed by atoms with Gasteiger partial charge in [0, 0.05) is 49.3 Å². The van der Waals surface area contributed by atoms with E-state index in [9.17, 15) is 4.79 Å². The highest BCUT2D eigenvalue weighted by molar-refractivity contribution is 5.80. The number of hydrogen-bond donors (Lipinski definition) is 0. The predicted octanol–water partition coefficient (Wildman–Crippen LogP) is 4.33. The molecule has 5 heteroatoms. The number of fused-ring (bicyclic) bond motifs is 1. The number of anilines is 2. The fraction of sp³-hybridized carbons (Fsp3) is 0.231. The highest BCUT2D eigenvalue weighted by atomic mass is 16.1. The van der Waals surface area contributed by atoms with Crippen LogP contribution >= 0.6 is 0 Å². The Hall–Kier alpha value is -3.60. The van der Waals surface area contributed by atoms with Gasteiger partial charge in [0.2, 0.25) is 0 Å². The van der Waals surface area contributed by atoms with Crippen molar-refractivity contribution in [3.63, 3.8) is 0 Å². The van der Waals surface area contributed by atoms with Crippen LogP contribution < -0.4 is 15.2 Å². The van der Waals surface area contributed by atoms with Gasteiger partial charge in [0.05, 0.1) is 5.39 Å². The van der Waals surface area contributed by atoms with Crippen LogP contribution in [0.4, 0.5) is 11.5 Å². The minimum Gasteiger partial charge on any atom is -0.368 e. The lowest BCUT2D eigenvalue weighted by molar-refractivity contribution is 0.642. The lowest BCUT2D eigenvalue weighted by Gasteiger charge is -2.38. The first-order valence-electron chi connectivity index (χ1n) is 10.8. The van der Waals surface area contributed by atoms with Crippen molar-refractivity contribution in [2.75, 3.05) is 36.0 Å². The zero-order valence-electron chi connectivity index (χ0n) is 18.0. The summed E-state index contributed by atoms with van der Waals surface area (Å²) in [6, 6.07) is 24.4. The molecule has 1 aliphatic heterocycles. The highest BCUT2D eigenvalue weighted by Crippen LogP contribution is 2.26. The average molecular weight is 411 g/mol. The Morgan fingerprint density at radius 3 is 2.13 bits per heavy atom. The summed E-state index contributed by atoms with van der Waals surface area (Å²) in [7, 11) is 0. The smallest absolute Gasteiger partial charge is 0.193 e. The Kier molecular flexibility index (Phi) is 4.94. The van der Waals surface area contributed by atoms with Gasteiger partial charge in [-0.3, -0.25) is 9.36 Å².